The maximum atomic E-state index is 13.9. The van der Waals surface area contributed by atoms with E-state index >= 15 is 0 Å². The molecule has 0 saturated heterocycles. The summed E-state index contributed by atoms with van der Waals surface area (Å²) in [6.45, 7) is 4.66. The zero-order chi connectivity index (χ0) is 13.0. The van der Waals surface area contributed by atoms with Crippen LogP contribution in [0.4, 0.5) is 4.39 Å². The van der Waals surface area contributed by atoms with Gasteiger partial charge in [-0.25, -0.2) is 4.39 Å². The molecule has 0 spiro atoms. The molecule has 0 radical (unpaired) electrons. The quantitative estimate of drug-likeness (QED) is 0.899. The minimum Gasteiger partial charge on any atom is -0.305 e. The van der Waals surface area contributed by atoms with Crippen LogP contribution < -0.4 is 5.32 Å². The second-order valence-electron chi connectivity index (χ2n) is 4.15. The van der Waals surface area contributed by atoms with Crippen molar-refractivity contribution in [1.29, 1.82) is 0 Å². The number of aryl methyl sites for hydroxylation is 1. The van der Waals surface area contributed by atoms with Crippen molar-refractivity contribution in [2.24, 2.45) is 0 Å². The molecule has 0 aliphatic carbocycles. The van der Waals surface area contributed by atoms with Crippen LogP contribution in [0.15, 0.2) is 36.8 Å². The summed E-state index contributed by atoms with van der Waals surface area (Å²) >= 11 is 0. The summed E-state index contributed by atoms with van der Waals surface area (Å²) in [6.07, 6.45) is 4.89. The third-order valence-corrected chi connectivity index (χ3v) is 2.75. The van der Waals surface area contributed by atoms with Gasteiger partial charge in [0.1, 0.15) is 5.82 Å². The van der Waals surface area contributed by atoms with Crippen molar-refractivity contribution < 1.29 is 4.39 Å². The molecule has 1 unspecified atom stereocenters. The number of hydrogen-bond donors (Lipinski definition) is 1. The van der Waals surface area contributed by atoms with E-state index < -0.39 is 0 Å². The highest BCUT2D eigenvalue weighted by Crippen LogP contribution is 2.23. The van der Waals surface area contributed by atoms with Crippen LogP contribution in [-0.2, 0) is 0 Å². The van der Waals surface area contributed by atoms with E-state index in [4.69, 9.17) is 0 Å². The number of rotatable bonds is 4. The van der Waals surface area contributed by atoms with Crippen LogP contribution in [0.1, 0.15) is 29.8 Å². The summed E-state index contributed by atoms with van der Waals surface area (Å²) in [5, 5.41) is 3.24. The molecule has 94 valence electrons. The SMILES string of the molecule is CCNC(c1cnccn1)c1cc(C)ccc1F. The molecule has 3 nitrogen and oxygen atoms in total. The third-order valence-electron chi connectivity index (χ3n) is 2.75. The minimum atomic E-state index is -0.261. The van der Waals surface area contributed by atoms with Gasteiger partial charge in [-0.15, -0.1) is 0 Å². The molecule has 0 fully saturated rings. The largest absolute Gasteiger partial charge is 0.305 e. The van der Waals surface area contributed by atoms with Gasteiger partial charge in [-0.05, 0) is 19.5 Å². The highest BCUT2D eigenvalue weighted by molar-refractivity contribution is 5.31. The number of benzene rings is 1. The zero-order valence-corrected chi connectivity index (χ0v) is 10.5. The van der Waals surface area contributed by atoms with Crippen molar-refractivity contribution >= 4 is 0 Å². The van der Waals surface area contributed by atoms with Crippen LogP contribution in [0.3, 0.4) is 0 Å². The lowest BCUT2D eigenvalue weighted by atomic mass is 10.0. The van der Waals surface area contributed by atoms with Gasteiger partial charge in [-0.2, -0.15) is 0 Å². The molecule has 1 aromatic carbocycles. The second kappa shape index (κ2) is 5.69. The fourth-order valence-corrected chi connectivity index (χ4v) is 1.92. The smallest absolute Gasteiger partial charge is 0.128 e. The van der Waals surface area contributed by atoms with Crippen LogP contribution in [0.5, 0.6) is 0 Å². The van der Waals surface area contributed by atoms with E-state index in [1.165, 1.54) is 6.07 Å². The standard InChI is InChI=1S/C14H16FN3/c1-3-17-14(13-9-16-6-7-18-13)11-8-10(2)4-5-12(11)15/h4-9,14,17H,3H2,1-2H3. The van der Waals surface area contributed by atoms with Gasteiger partial charge in [0.2, 0.25) is 0 Å². The average Bonchev–Trinajstić information content (AvgIpc) is 2.40. The van der Waals surface area contributed by atoms with E-state index in [9.17, 15) is 4.39 Å². The Balaban J connectivity index is 2.44. The first-order valence-electron chi connectivity index (χ1n) is 5.97. The molecule has 1 atom stereocenters. The van der Waals surface area contributed by atoms with Gasteiger partial charge in [-0.3, -0.25) is 9.97 Å². The molecule has 18 heavy (non-hydrogen) atoms. The number of nitrogens with one attached hydrogen (secondary N) is 1. The number of halogens is 1. The fourth-order valence-electron chi connectivity index (χ4n) is 1.92. The van der Waals surface area contributed by atoms with Crippen molar-refractivity contribution in [3.63, 3.8) is 0 Å². The van der Waals surface area contributed by atoms with Crippen molar-refractivity contribution in [1.82, 2.24) is 15.3 Å². The predicted octanol–water partition coefficient (Wildman–Crippen LogP) is 2.62. The highest BCUT2D eigenvalue weighted by atomic mass is 19.1. The van der Waals surface area contributed by atoms with Crippen LogP contribution >= 0.6 is 0 Å². The monoisotopic (exact) mass is 245 g/mol. The summed E-state index contributed by atoms with van der Waals surface area (Å²) in [5.74, 6) is -0.225. The molecule has 2 rings (SSSR count). The molecule has 1 N–H and O–H groups in total. The summed E-state index contributed by atoms with van der Waals surface area (Å²) in [4.78, 5) is 8.29. The van der Waals surface area contributed by atoms with Gasteiger partial charge in [0, 0.05) is 18.0 Å². The molecule has 4 heteroatoms. The maximum Gasteiger partial charge on any atom is 0.128 e. The summed E-state index contributed by atoms with van der Waals surface area (Å²) < 4.78 is 13.9. The number of nitrogens with zero attached hydrogens (tertiary/aromatic N) is 2. The van der Waals surface area contributed by atoms with Gasteiger partial charge in [0.15, 0.2) is 0 Å². The molecule has 0 saturated carbocycles. The molecule has 0 amide bonds. The van der Waals surface area contributed by atoms with Crippen LogP contribution in [0.2, 0.25) is 0 Å². The lowest BCUT2D eigenvalue weighted by Crippen LogP contribution is -2.24. The fraction of sp³-hybridized carbons (Fsp3) is 0.286. The first-order valence-corrected chi connectivity index (χ1v) is 5.97. The van der Waals surface area contributed by atoms with E-state index in [1.807, 2.05) is 19.9 Å². The summed E-state index contributed by atoms with van der Waals surface area (Å²) in [7, 11) is 0. The van der Waals surface area contributed by atoms with Crippen molar-refractivity contribution in [2.75, 3.05) is 6.54 Å². The van der Waals surface area contributed by atoms with Gasteiger partial charge in [0.25, 0.3) is 0 Å². The third kappa shape index (κ3) is 2.71. The highest BCUT2D eigenvalue weighted by Gasteiger charge is 2.18. The molecule has 1 heterocycles. The Kier molecular flexibility index (Phi) is 3.99. The molecular weight excluding hydrogens is 229 g/mol. The first-order chi connectivity index (χ1) is 8.72. The Hall–Kier alpha value is -1.81. The Bertz CT molecular complexity index is 514. The number of hydrogen-bond acceptors (Lipinski definition) is 3. The number of aromatic nitrogens is 2. The zero-order valence-electron chi connectivity index (χ0n) is 10.5. The van der Waals surface area contributed by atoms with Crippen LogP contribution in [0.25, 0.3) is 0 Å². The normalized spacial score (nSPS) is 12.4. The maximum absolute atomic E-state index is 13.9. The van der Waals surface area contributed by atoms with Crippen molar-refractivity contribution in [3.05, 3.63) is 59.4 Å². The first kappa shape index (κ1) is 12.6. The van der Waals surface area contributed by atoms with Gasteiger partial charge in [0.05, 0.1) is 17.9 Å². The van der Waals surface area contributed by atoms with Crippen LogP contribution in [-0.4, -0.2) is 16.5 Å². The van der Waals surface area contributed by atoms with E-state index in [-0.39, 0.29) is 11.9 Å². The minimum absolute atomic E-state index is 0.225. The van der Waals surface area contributed by atoms with Crippen LogP contribution in [0, 0.1) is 12.7 Å². The van der Waals surface area contributed by atoms with E-state index in [2.05, 4.69) is 15.3 Å². The van der Waals surface area contributed by atoms with E-state index in [0.29, 0.717) is 5.56 Å². The Morgan fingerprint density at radius 2 is 2.17 bits per heavy atom. The van der Waals surface area contributed by atoms with Gasteiger partial charge < -0.3 is 5.32 Å². The average molecular weight is 245 g/mol. The Labute approximate surface area is 106 Å². The van der Waals surface area contributed by atoms with Gasteiger partial charge >= 0.3 is 0 Å². The van der Waals surface area contributed by atoms with E-state index in [1.54, 1.807) is 24.7 Å². The molecule has 0 aliphatic heterocycles. The lowest BCUT2D eigenvalue weighted by molar-refractivity contribution is 0.550. The Morgan fingerprint density at radius 1 is 1.33 bits per heavy atom. The van der Waals surface area contributed by atoms with Crippen molar-refractivity contribution in [2.45, 2.75) is 19.9 Å². The molecular formula is C14H16FN3. The summed E-state index contributed by atoms with van der Waals surface area (Å²) in [6, 6.07) is 4.84. The topological polar surface area (TPSA) is 37.8 Å². The molecule has 2 aromatic rings. The summed E-state index contributed by atoms with van der Waals surface area (Å²) in [5.41, 5.74) is 2.36. The molecule has 0 bridgehead atoms. The predicted molar refractivity (Wildman–Crippen MR) is 68.7 cm³/mol. The Morgan fingerprint density at radius 3 is 2.83 bits per heavy atom. The lowest BCUT2D eigenvalue weighted by Gasteiger charge is -2.18. The van der Waals surface area contributed by atoms with E-state index in [0.717, 1.165) is 17.8 Å². The van der Waals surface area contributed by atoms with Crippen molar-refractivity contribution in [3.8, 4) is 0 Å². The molecule has 0 aliphatic rings. The van der Waals surface area contributed by atoms with Gasteiger partial charge in [-0.1, -0.05) is 24.6 Å². The second-order valence-corrected chi connectivity index (χ2v) is 4.15. The molecule has 1 aromatic heterocycles.